The molecule has 1 unspecified atom stereocenters. The molecule has 18 heavy (non-hydrogen) atoms. The maximum atomic E-state index is 12.1. The second-order valence-electron chi connectivity index (χ2n) is 4.66. The zero-order chi connectivity index (χ0) is 13.9. The van der Waals surface area contributed by atoms with Gasteiger partial charge >= 0.3 is 0 Å². The molecule has 1 aromatic rings. The molecule has 0 aromatic carbocycles. The lowest BCUT2D eigenvalue weighted by Crippen LogP contribution is -2.34. The summed E-state index contributed by atoms with van der Waals surface area (Å²) in [5, 5.41) is 0.428. The Kier molecular flexibility index (Phi) is 5.92. The molecule has 1 heterocycles. The summed E-state index contributed by atoms with van der Waals surface area (Å²) in [6, 6.07) is 1.71. The Labute approximate surface area is 122 Å². The van der Waals surface area contributed by atoms with Crippen LogP contribution in [0.1, 0.15) is 29.9 Å². The summed E-state index contributed by atoms with van der Waals surface area (Å²) in [4.78, 5) is 14.3. The number of thiophene rings is 1. The van der Waals surface area contributed by atoms with E-state index in [9.17, 15) is 4.79 Å². The minimum absolute atomic E-state index is 0.0650. The van der Waals surface area contributed by atoms with E-state index in [1.165, 1.54) is 11.3 Å². The van der Waals surface area contributed by atoms with Gasteiger partial charge in [0.05, 0.1) is 9.90 Å². The van der Waals surface area contributed by atoms with Crippen molar-refractivity contribution in [2.45, 2.75) is 26.3 Å². The molecular weight excluding hydrogens is 291 g/mol. The molecule has 1 aromatic heterocycles. The van der Waals surface area contributed by atoms with Crippen LogP contribution in [0.5, 0.6) is 0 Å². The zero-order valence-corrected chi connectivity index (χ0v) is 13.1. The van der Waals surface area contributed by atoms with Crippen LogP contribution in [0, 0.1) is 5.92 Å². The van der Waals surface area contributed by atoms with Gasteiger partial charge in [0, 0.05) is 19.6 Å². The number of carbonyl (C=O) groups excluding carboxylic acids is 1. The highest BCUT2D eigenvalue weighted by Gasteiger charge is 2.17. The third-order valence-electron chi connectivity index (χ3n) is 2.86. The van der Waals surface area contributed by atoms with Crippen molar-refractivity contribution in [2.75, 3.05) is 13.6 Å². The smallest absolute Gasteiger partial charge is 0.263 e. The van der Waals surface area contributed by atoms with Crippen LogP contribution in [-0.2, 0) is 0 Å². The molecule has 1 atom stereocenters. The van der Waals surface area contributed by atoms with Crippen LogP contribution in [0.2, 0.25) is 9.36 Å². The molecule has 0 radical (unpaired) electrons. The van der Waals surface area contributed by atoms with Crippen molar-refractivity contribution in [3.8, 4) is 0 Å². The van der Waals surface area contributed by atoms with Crippen LogP contribution in [0.15, 0.2) is 6.07 Å². The number of hydrogen-bond donors (Lipinski definition) is 1. The number of rotatable bonds is 5. The van der Waals surface area contributed by atoms with Gasteiger partial charge in [0.25, 0.3) is 5.91 Å². The lowest BCUT2D eigenvalue weighted by molar-refractivity contribution is 0.0794. The molecule has 0 bridgehead atoms. The number of halogens is 2. The summed E-state index contributed by atoms with van der Waals surface area (Å²) < 4.78 is 0.451. The van der Waals surface area contributed by atoms with Crippen molar-refractivity contribution in [2.24, 2.45) is 11.7 Å². The summed E-state index contributed by atoms with van der Waals surface area (Å²) in [6.07, 6.45) is 0.784. The van der Waals surface area contributed by atoms with Crippen molar-refractivity contribution < 1.29 is 4.79 Å². The first-order valence-corrected chi connectivity index (χ1v) is 7.36. The van der Waals surface area contributed by atoms with E-state index in [4.69, 9.17) is 28.9 Å². The Morgan fingerprint density at radius 3 is 2.56 bits per heavy atom. The first kappa shape index (κ1) is 15.8. The SMILES string of the molecule is CC(C)C(N)CCN(C)C(=O)c1cc(Cl)c(Cl)s1. The standard InChI is InChI=1S/C12H18Cl2N2OS/c1-7(2)9(15)4-5-16(3)12(17)10-6-8(13)11(14)18-10/h6-7,9H,4-5,15H2,1-3H3. The van der Waals surface area contributed by atoms with Gasteiger partial charge in [-0.3, -0.25) is 4.79 Å². The van der Waals surface area contributed by atoms with Crippen LogP contribution >= 0.6 is 34.5 Å². The van der Waals surface area contributed by atoms with Crippen LogP contribution in [-0.4, -0.2) is 30.4 Å². The predicted molar refractivity (Wildman–Crippen MR) is 78.7 cm³/mol. The molecule has 0 fully saturated rings. The molecule has 1 amide bonds. The maximum absolute atomic E-state index is 12.1. The van der Waals surface area contributed by atoms with Crippen molar-refractivity contribution >= 4 is 40.4 Å². The largest absolute Gasteiger partial charge is 0.341 e. The van der Waals surface area contributed by atoms with Gasteiger partial charge in [-0.25, -0.2) is 0 Å². The fourth-order valence-corrected chi connectivity index (χ4v) is 2.78. The number of nitrogens with two attached hydrogens (primary N) is 1. The Morgan fingerprint density at radius 2 is 2.11 bits per heavy atom. The van der Waals surface area contributed by atoms with E-state index >= 15 is 0 Å². The van der Waals surface area contributed by atoms with Gasteiger partial charge in [-0.2, -0.15) is 0 Å². The number of nitrogens with zero attached hydrogens (tertiary/aromatic N) is 1. The lowest BCUT2D eigenvalue weighted by Gasteiger charge is -2.21. The molecule has 2 N–H and O–H groups in total. The van der Waals surface area contributed by atoms with Crippen molar-refractivity contribution in [1.29, 1.82) is 0 Å². The summed E-state index contributed by atoms with van der Waals surface area (Å²) in [7, 11) is 1.76. The molecular formula is C12H18Cl2N2OS. The molecule has 6 heteroatoms. The number of carbonyl (C=O) groups is 1. The molecule has 3 nitrogen and oxygen atoms in total. The zero-order valence-electron chi connectivity index (χ0n) is 10.7. The van der Waals surface area contributed by atoms with Gasteiger partial charge in [0.1, 0.15) is 4.34 Å². The van der Waals surface area contributed by atoms with E-state index in [1.54, 1.807) is 18.0 Å². The van der Waals surface area contributed by atoms with Gasteiger partial charge in [-0.05, 0) is 18.4 Å². The highest BCUT2D eigenvalue weighted by atomic mass is 35.5. The van der Waals surface area contributed by atoms with Crippen molar-refractivity contribution in [3.63, 3.8) is 0 Å². The molecule has 0 aliphatic heterocycles. The Morgan fingerprint density at radius 1 is 1.50 bits per heavy atom. The molecule has 0 saturated heterocycles. The van der Waals surface area contributed by atoms with E-state index in [0.29, 0.717) is 26.7 Å². The first-order chi connectivity index (χ1) is 8.32. The molecule has 0 aliphatic rings. The second-order valence-corrected chi connectivity index (χ2v) is 6.72. The van der Waals surface area contributed by atoms with Crippen molar-refractivity contribution in [3.05, 3.63) is 20.3 Å². The van der Waals surface area contributed by atoms with Crippen LogP contribution < -0.4 is 5.73 Å². The van der Waals surface area contributed by atoms with Crippen LogP contribution in [0.4, 0.5) is 0 Å². The Balaban J connectivity index is 2.56. The first-order valence-electron chi connectivity index (χ1n) is 5.78. The highest BCUT2D eigenvalue weighted by Crippen LogP contribution is 2.32. The molecule has 0 spiro atoms. The minimum Gasteiger partial charge on any atom is -0.341 e. The van der Waals surface area contributed by atoms with E-state index in [0.717, 1.165) is 6.42 Å². The monoisotopic (exact) mass is 308 g/mol. The average molecular weight is 309 g/mol. The summed E-state index contributed by atoms with van der Waals surface area (Å²) >= 11 is 12.9. The normalized spacial score (nSPS) is 12.8. The maximum Gasteiger partial charge on any atom is 0.263 e. The second kappa shape index (κ2) is 6.75. The third kappa shape index (κ3) is 4.12. The van der Waals surface area contributed by atoms with Crippen LogP contribution in [0.3, 0.4) is 0 Å². The molecule has 102 valence electrons. The highest BCUT2D eigenvalue weighted by molar-refractivity contribution is 7.18. The van der Waals surface area contributed by atoms with Crippen molar-refractivity contribution in [1.82, 2.24) is 4.90 Å². The average Bonchev–Trinajstić information content (AvgIpc) is 2.64. The molecule has 0 aliphatic carbocycles. The molecule has 0 saturated carbocycles. The van der Waals surface area contributed by atoms with E-state index in [1.807, 2.05) is 0 Å². The van der Waals surface area contributed by atoms with Crippen LogP contribution in [0.25, 0.3) is 0 Å². The predicted octanol–water partition coefficient (Wildman–Crippen LogP) is 3.50. The summed E-state index contributed by atoms with van der Waals surface area (Å²) in [6.45, 7) is 4.78. The quantitative estimate of drug-likeness (QED) is 0.905. The van der Waals surface area contributed by atoms with E-state index < -0.39 is 0 Å². The van der Waals surface area contributed by atoms with Gasteiger partial charge in [0.15, 0.2) is 0 Å². The van der Waals surface area contributed by atoms with E-state index in [-0.39, 0.29) is 11.9 Å². The third-order valence-corrected chi connectivity index (χ3v) is 4.71. The van der Waals surface area contributed by atoms with Gasteiger partial charge < -0.3 is 10.6 Å². The Bertz CT molecular complexity index is 401. The van der Waals surface area contributed by atoms with E-state index in [2.05, 4.69) is 13.8 Å². The van der Waals surface area contributed by atoms with Gasteiger partial charge in [-0.1, -0.05) is 37.0 Å². The fraction of sp³-hybridized carbons (Fsp3) is 0.583. The number of hydrogen-bond acceptors (Lipinski definition) is 3. The molecule has 1 rings (SSSR count). The summed E-state index contributed by atoms with van der Waals surface area (Å²) in [5.41, 5.74) is 5.95. The van der Waals surface area contributed by atoms with Gasteiger partial charge in [0.2, 0.25) is 0 Å². The summed E-state index contributed by atoms with van der Waals surface area (Å²) in [5.74, 6) is 0.351. The topological polar surface area (TPSA) is 46.3 Å². The number of amides is 1. The minimum atomic E-state index is -0.0650. The Hall–Kier alpha value is -0.290. The van der Waals surface area contributed by atoms with Gasteiger partial charge in [-0.15, -0.1) is 11.3 Å². The fourth-order valence-electron chi connectivity index (χ4n) is 1.42. The lowest BCUT2D eigenvalue weighted by atomic mass is 10.0.